The molecule has 1 heterocycles. The molecule has 4 heteroatoms. The number of benzene rings is 2. The van der Waals surface area contributed by atoms with Crippen molar-refractivity contribution in [3.05, 3.63) is 54.4 Å². The molecule has 0 atom stereocenters. The highest BCUT2D eigenvalue weighted by Crippen LogP contribution is 2.30. The average molecular weight is 346 g/mol. The number of hydrogen-bond acceptors (Lipinski definition) is 4. The summed E-state index contributed by atoms with van der Waals surface area (Å²) >= 11 is 0. The van der Waals surface area contributed by atoms with Crippen LogP contribution in [0.5, 0.6) is 0 Å². The Morgan fingerprint density at radius 3 is 2.77 bits per heavy atom. The van der Waals surface area contributed by atoms with Crippen LogP contribution in [0.2, 0.25) is 0 Å². The van der Waals surface area contributed by atoms with Gasteiger partial charge in [0.1, 0.15) is 12.1 Å². The summed E-state index contributed by atoms with van der Waals surface area (Å²) in [5.74, 6) is 0.955. The quantitative estimate of drug-likeness (QED) is 0.577. The second kappa shape index (κ2) is 7.83. The molecule has 0 unspecified atom stereocenters. The molecule has 2 aromatic carbocycles. The van der Waals surface area contributed by atoms with E-state index >= 15 is 0 Å². The third kappa shape index (κ3) is 4.02. The zero-order valence-electron chi connectivity index (χ0n) is 15.3. The standard InChI is InChI=1S/C22H26N4/c1-2-3-11-23-14-16-5-4-6-17(12-16)18-7-10-21-20(13-18)22(25-15-24-21)26-19-8-9-19/h4-7,10,12-13,15,19,23H,2-3,8-9,11,14H2,1H3,(H,24,25,26). The molecule has 0 aliphatic heterocycles. The Bertz CT molecular complexity index is 886. The van der Waals surface area contributed by atoms with Gasteiger partial charge in [0.2, 0.25) is 0 Å². The van der Waals surface area contributed by atoms with Crippen LogP contribution < -0.4 is 10.6 Å². The molecule has 1 aliphatic rings. The highest BCUT2D eigenvalue weighted by molar-refractivity contribution is 5.92. The molecule has 26 heavy (non-hydrogen) atoms. The number of anilines is 1. The minimum absolute atomic E-state index is 0.578. The van der Waals surface area contributed by atoms with Crippen LogP contribution in [0.25, 0.3) is 22.0 Å². The Morgan fingerprint density at radius 2 is 1.92 bits per heavy atom. The zero-order chi connectivity index (χ0) is 17.8. The van der Waals surface area contributed by atoms with E-state index < -0.39 is 0 Å². The summed E-state index contributed by atoms with van der Waals surface area (Å²) in [5.41, 5.74) is 4.76. The van der Waals surface area contributed by atoms with Gasteiger partial charge in [-0.3, -0.25) is 0 Å². The van der Waals surface area contributed by atoms with Gasteiger partial charge in [0.05, 0.1) is 5.52 Å². The van der Waals surface area contributed by atoms with Gasteiger partial charge in [-0.15, -0.1) is 0 Å². The highest BCUT2D eigenvalue weighted by atomic mass is 15.1. The SMILES string of the molecule is CCCCNCc1cccc(-c2ccc3ncnc(NC4CC4)c3c2)c1. The van der Waals surface area contributed by atoms with Crippen molar-refractivity contribution in [3.63, 3.8) is 0 Å². The van der Waals surface area contributed by atoms with Crippen LogP contribution in [0.4, 0.5) is 5.82 Å². The lowest BCUT2D eigenvalue weighted by molar-refractivity contribution is 0.641. The number of unbranched alkanes of at least 4 members (excludes halogenated alkanes) is 1. The molecule has 1 aromatic heterocycles. The van der Waals surface area contributed by atoms with E-state index in [1.807, 2.05) is 0 Å². The van der Waals surface area contributed by atoms with Crippen molar-refractivity contribution in [1.29, 1.82) is 0 Å². The molecule has 0 bridgehead atoms. The first-order valence-corrected chi connectivity index (χ1v) is 9.65. The molecule has 0 radical (unpaired) electrons. The first-order valence-electron chi connectivity index (χ1n) is 9.65. The Kier molecular flexibility index (Phi) is 5.12. The molecule has 2 N–H and O–H groups in total. The Hall–Kier alpha value is -2.46. The van der Waals surface area contributed by atoms with E-state index in [0.29, 0.717) is 6.04 Å². The lowest BCUT2D eigenvalue weighted by atomic mass is 10.0. The molecule has 1 fully saturated rings. The highest BCUT2D eigenvalue weighted by Gasteiger charge is 2.22. The average Bonchev–Trinajstić information content (AvgIpc) is 3.50. The van der Waals surface area contributed by atoms with Crippen LogP contribution in [-0.2, 0) is 6.54 Å². The number of aromatic nitrogens is 2. The van der Waals surface area contributed by atoms with Crippen molar-refractivity contribution in [3.8, 4) is 11.1 Å². The van der Waals surface area contributed by atoms with Crippen LogP contribution in [0.1, 0.15) is 38.2 Å². The third-order valence-electron chi connectivity index (χ3n) is 4.85. The van der Waals surface area contributed by atoms with Gasteiger partial charge in [-0.2, -0.15) is 0 Å². The molecule has 0 saturated heterocycles. The van der Waals surface area contributed by atoms with E-state index in [1.54, 1.807) is 6.33 Å². The summed E-state index contributed by atoms with van der Waals surface area (Å²) in [5, 5.41) is 8.15. The summed E-state index contributed by atoms with van der Waals surface area (Å²) in [6, 6.07) is 15.8. The number of nitrogens with one attached hydrogen (secondary N) is 2. The number of rotatable bonds is 8. The number of fused-ring (bicyclic) bond motifs is 1. The Labute approximate surface area is 155 Å². The van der Waals surface area contributed by atoms with Crippen molar-refractivity contribution in [1.82, 2.24) is 15.3 Å². The summed E-state index contributed by atoms with van der Waals surface area (Å²) in [4.78, 5) is 8.88. The summed E-state index contributed by atoms with van der Waals surface area (Å²) < 4.78 is 0. The molecule has 4 nitrogen and oxygen atoms in total. The first kappa shape index (κ1) is 17.0. The van der Waals surface area contributed by atoms with Gasteiger partial charge in [0, 0.05) is 18.0 Å². The van der Waals surface area contributed by atoms with Gasteiger partial charge in [-0.1, -0.05) is 37.6 Å². The minimum atomic E-state index is 0.578. The van der Waals surface area contributed by atoms with Gasteiger partial charge in [-0.25, -0.2) is 9.97 Å². The van der Waals surface area contributed by atoms with Gasteiger partial charge in [0.15, 0.2) is 0 Å². The second-order valence-electron chi connectivity index (χ2n) is 7.10. The smallest absolute Gasteiger partial charge is 0.137 e. The third-order valence-corrected chi connectivity index (χ3v) is 4.85. The number of nitrogens with zero attached hydrogens (tertiary/aromatic N) is 2. The maximum atomic E-state index is 4.47. The van der Waals surface area contributed by atoms with Crippen LogP contribution in [-0.4, -0.2) is 22.6 Å². The Morgan fingerprint density at radius 1 is 1.04 bits per heavy atom. The van der Waals surface area contributed by atoms with Crippen molar-refractivity contribution in [2.45, 2.75) is 45.2 Å². The fourth-order valence-corrected chi connectivity index (χ4v) is 3.17. The fraction of sp³-hybridized carbons (Fsp3) is 0.364. The van der Waals surface area contributed by atoms with Crippen molar-refractivity contribution < 1.29 is 0 Å². The van der Waals surface area contributed by atoms with E-state index in [-0.39, 0.29) is 0 Å². The summed E-state index contributed by atoms with van der Waals surface area (Å²) in [6.07, 6.45) is 6.57. The molecule has 0 amide bonds. The van der Waals surface area contributed by atoms with E-state index in [1.165, 1.54) is 42.4 Å². The molecular formula is C22H26N4. The molecule has 3 aromatic rings. The Balaban J connectivity index is 1.59. The van der Waals surface area contributed by atoms with E-state index in [4.69, 9.17) is 0 Å². The van der Waals surface area contributed by atoms with Crippen LogP contribution in [0.15, 0.2) is 48.8 Å². The summed E-state index contributed by atoms with van der Waals surface area (Å²) in [7, 11) is 0. The number of hydrogen-bond donors (Lipinski definition) is 2. The topological polar surface area (TPSA) is 49.8 Å². The first-order chi connectivity index (χ1) is 12.8. The van der Waals surface area contributed by atoms with Gasteiger partial charge >= 0.3 is 0 Å². The molecule has 4 rings (SSSR count). The summed E-state index contributed by atoms with van der Waals surface area (Å²) in [6.45, 7) is 4.21. The van der Waals surface area contributed by atoms with Crippen molar-refractivity contribution in [2.24, 2.45) is 0 Å². The van der Waals surface area contributed by atoms with Crippen LogP contribution >= 0.6 is 0 Å². The fourth-order valence-electron chi connectivity index (χ4n) is 3.17. The van der Waals surface area contributed by atoms with E-state index in [9.17, 15) is 0 Å². The molecule has 0 spiro atoms. The molecule has 134 valence electrons. The molecule has 1 aliphatic carbocycles. The van der Waals surface area contributed by atoms with Gasteiger partial charge in [-0.05, 0) is 60.7 Å². The maximum absolute atomic E-state index is 4.47. The van der Waals surface area contributed by atoms with Crippen LogP contribution in [0, 0.1) is 0 Å². The second-order valence-corrected chi connectivity index (χ2v) is 7.10. The molecule has 1 saturated carbocycles. The monoisotopic (exact) mass is 346 g/mol. The predicted octanol–water partition coefficient (Wildman–Crippen LogP) is 4.76. The lowest BCUT2D eigenvalue weighted by Crippen LogP contribution is -2.14. The maximum Gasteiger partial charge on any atom is 0.137 e. The normalized spacial score (nSPS) is 13.9. The zero-order valence-corrected chi connectivity index (χ0v) is 15.3. The van der Waals surface area contributed by atoms with Gasteiger partial charge < -0.3 is 10.6 Å². The lowest BCUT2D eigenvalue weighted by Gasteiger charge is -2.10. The van der Waals surface area contributed by atoms with Gasteiger partial charge in [0.25, 0.3) is 0 Å². The van der Waals surface area contributed by atoms with Crippen LogP contribution in [0.3, 0.4) is 0 Å². The van der Waals surface area contributed by atoms with E-state index in [0.717, 1.165) is 29.8 Å². The largest absolute Gasteiger partial charge is 0.367 e. The predicted molar refractivity (Wildman–Crippen MR) is 108 cm³/mol. The van der Waals surface area contributed by atoms with E-state index in [2.05, 4.69) is 70.0 Å². The van der Waals surface area contributed by atoms with Crippen molar-refractivity contribution >= 4 is 16.7 Å². The van der Waals surface area contributed by atoms with Crippen molar-refractivity contribution in [2.75, 3.05) is 11.9 Å². The minimum Gasteiger partial charge on any atom is -0.367 e. The molecular weight excluding hydrogens is 320 g/mol.